The first-order valence-electron chi connectivity index (χ1n) is 7.08. The number of nitrogens with zero attached hydrogens (tertiary/aromatic N) is 1. The zero-order chi connectivity index (χ0) is 13.1. The molecule has 2 rings (SSSR count). The van der Waals surface area contributed by atoms with Crippen LogP contribution in [0.15, 0.2) is 6.07 Å². The monoisotopic (exact) mass is 266 g/mol. The summed E-state index contributed by atoms with van der Waals surface area (Å²) in [6.45, 7) is 13.8. The molecule has 1 aromatic heterocycles. The second-order valence-corrected chi connectivity index (χ2v) is 7.19. The van der Waals surface area contributed by atoms with Gasteiger partial charge in [0.15, 0.2) is 0 Å². The van der Waals surface area contributed by atoms with Gasteiger partial charge in [0, 0.05) is 28.9 Å². The van der Waals surface area contributed by atoms with E-state index in [0.29, 0.717) is 6.04 Å². The van der Waals surface area contributed by atoms with Crippen LogP contribution in [0.1, 0.15) is 35.6 Å². The predicted octanol–water partition coefficient (Wildman–Crippen LogP) is 3.18. The fourth-order valence-electron chi connectivity index (χ4n) is 2.56. The van der Waals surface area contributed by atoms with Gasteiger partial charge in [-0.1, -0.05) is 13.8 Å². The molecule has 0 radical (unpaired) electrons. The number of thiophene rings is 1. The minimum Gasteiger partial charge on any atom is -0.312 e. The molecule has 1 saturated heterocycles. The van der Waals surface area contributed by atoms with Crippen molar-refractivity contribution in [2.24, 2.45) is 5.92 Å². The minimum atomic E-state index is 0.648. The van der Waals surface area contributed by atoms with Crippen LogP contribution in [0.4, 0.5) is 0 Å². The van der Waals surface area contributed by atoms with E-state index in [1.54, 1.807) is 0 Å². The average Bonchev–Trinajstić information content (AvgIpc) is 2.54. The number of aryl methyl sites for hydroxylation is 2. The molecular formula is C15H26N2S. The molecule has 0 amide bonds. The van der Waals surface area contributed by atoms with Crippen molar-refractivity contribution in [1.29, 1.82) is 0 Å². The maximum absolute atomic E-state index is 3.68. The fraction of sp³-hybridized carbons (Fsp3) is 0.733. The highest BCUT2D eigenvalue weighted by Gasteiger charge is 2.20. The summed E-state index contributed by atoms with van der Waals surface area (Å²) in [6.07, 6.45) is 1.27. The van der Waals surface area contributed by atoms with E-state index in [0.717, 1.165) is 12.5 Å². The van der Waals surface area contributed by atoms with Gasteiger partial charge in [-0.2, -0.15) is 0 Å². The topological polar surface area (TPSA) is 15.3 Å². The maximum atomic E-state index is 3.68. The molecule has 0 spiro atoms. The second kappa shape index (κ2) is 6.18. The molecule has 0 aliphatic carbocycles. The molecule has 1 aliphatic heterocycles. The minimum absolute atomic E-state index is 0.648. The molecule has 1 unspecified atom stereocenters. The Morgan fingerprint density at radius 2 is 2.22 bits per heavy atom. The smallest absolute Gasteiger partial charge is 0.0328 e. The Hall–Kier alpha value is -0.380. The van der Waals surface area contributed by atoms with Crippen molar-refractivity contribution in [1.82, 2.24) is 10.2 Å². The Balaban J connectivity index is 1.98. The third-order valence-electron chi connectivity index (χ3n) is 3.91. The van der Waals surface area contributed by atoms with E-state index in [1.807, 2.05) is 11.3 Å². The van der Waals surface area contributed by atoms with Crippen LogP contribution in [0.2, 0.25) is 0 Å². The average molecular weight is 266 g/mol. The zero-order valence-electron chi connectivity index (χ0n) is 12.1. The first kappa shape index (κ1) is 14.0. The lowest BCUT2D eigenvalue weighted by molar-refractivity contribution is 0.240. The molecule has 0 bridgehead atoms. The summed E-state index contributed by atoms with van der Waals surface area (Å²) in [7, 11) is 0. The van der Waals surface area contributed by atoms with E-state index in [1.165, 1.54) is 41.4 Å². The molecule has 1 aromatic rings. The molecular weight excluding hydrogens is 240 g/mol. The summed E-state index contributed by atoms with van der Waals surface area (Å²) < 4.78 is 0. The van der Waals surface area contributed by atoms with Gasteiger partial charge in [0.2, 0.25) is 0 Å². The van der Waals surface area contributed by atoms with Gasteiger partial charge in [-0.15, -0.1) is 11.3 Å². The SMILES string of the molecule is Cc1cc(CN2CCCNC(C(C)C)C2)sc1C. The van der Waals surface area contributed by atoms with Gasteiger partial charge < -0.3 is 5.32 Å². The van der Waals surface area contributed by atoms with Gasteiger partial charge >= 0.3 is 0 Å². The van der Waals surface area contributed by atoms with Crippen LogP contribution < -0.4 is 5.32 Å². The van der Waals surface area contributed by atoms with E-state index in [-0.39, 0.29) is 0 Å². The lowest BCUT2D eigenvalue weighted by Crippen LogP contribution is -2.40. The third kappa shape index (κ3) is 3.56. The first-order chi connectivity index (χ1) is 8.56. The summed E-state index contributed by atoms with van der Waals surface area (Å²) in [5.41, 5.74) is 1.45. The van der Waals surface area contributed by atoms with Gasteiger partial charge in [-0.3, -0.25) is 4.90 Å². The van der Waals surface area contributed by atoms with Crippen LogP contribution in [0.25, 0.3) is 0 Å². The normalized spacial score (nSPS) is 22.4. The van der Waals surface area contributed by atoms with E-state index in [2.05, 4.69) is 44.0 Å². The molecule has 2 nitrogen and oxygen atoms in total. The zero-order valence-corrected chi connectivity index (χ0v) is 12.9. The molecule has 18 heavy (non-hydrogen) atoms. The standard InChI is InChI=1S/C15H26N2S/c1-11(2)15-10-17(7-5-6-16-15)9-14-8-12(3)13(4)18-14/h8,11,15-16H,5-7,9-10H2,1-4H3. The van der Waals surface area contributed by atoms with Crippen molar-refractivity contribution in [3.63, 3.8) is 0 Å². The van der Waals surface area contributed by atoms with E-state index in [4.69, 9.17) is 0 Å². The van der Waals surface area contributed by atoms with E-state index < -0.39 is 0 Å². The van der Waals surface area contributed by atoms with E-state index in [9.17, 15) is 0 Å². The highest BCUT2D eigenvalue weighted by Crippen LogP contribution is 2.22. The Morgan fingerprint density at radius 3 is 2.83 bits per heavy atom. The molecule has 102 valence electrons. The van der Waals surface area contributed by atoms with Gasteiger partial charge in [-0.05, 0) is 50.9 Å². The number of hydrogen-bond acceptors (Lipinski definition) is 3. The molecule has 3 heteroatoms. The van der Waals surface area contributed by atoms with Crippen LogP contribution in [-0.2, 0) is 6.54 Å². The predicted molar refractivity (Wildman–Crippen MR) is 80.3 cm³/mol. The Labute approximate surface area is 115 Å². The molecule has 1 aliphatic rings. The molecule has 1 N–H and O–H groups in total. The van der Waals surface area contributed by atoms with Crippen molar-refractivity contribution in [2.45, 2.75) is 46.7 Å². The fourth-order valence-corrected chi connectivity index (χ4v) is 3.66. The van der Waals surface area contributed by atoms with Crippen molar-refractivity contribution in [3.05, 3.63) is 21.4 Å². The van der Waals surface area contributed by atoms with Crippen LogP contribution in [0, 0.1) is 19.8 Å². The van der Waals surface area contributed by atoms with Crippen molar-refractivity contribution in [2.75, 3.05) is 19.6 Å². The lowest BCUT2D eigenvalue weighted by atomic mass is 10.0. The molecule has 1 atom stereocenters. The highest BCUT2D eigenvalue weighted by atomic mass is 32.1. The van der Waals surface area contributed by atoms with Gasteiger partial charge in [0.05, 0.1) is 0 Å². The summed E-state index contributed by atoms with van der Waals surface area (Å²) in [5, 5.41) is 3.68. The highest BCUT2D eigenvalue weighted by molar-refractivity contribution is 7.12. The van der Waals surface area contributed by atoms with Crippen molar-refractivity contribution < 1.29 is 0 Å². The van der Waals surface area contributed by atoms with Gasteiger partial charge in [0.25, 0.3) is 0 Å². The summed E-state index contributed by atoms with van der Waals surface area (Å²) >= 11 is 1.96. The summed E-state index contributed by atoms with van der Waals surface area (Å²) in [4.78, 5) is 5.61. The van der Waals surface area contributed by atoms with Crippen LogP contribution in [0.5, 0.6) is 0 Å². The number of hydrogen-bond donors (Lipinski definition) is 1. The molecule has 0 saturated carbocycles. The molecule has 0 aromatic carbocycles. The Morgan fingerprint density at radius 1 is 1.44 bits per heavy atom. The van der Waals surface area contributed by atoms with E-state index >= 15 is 0 Å². The first-order valence-corrected chi connectivity index (χ1v) is 7.89. The van der Waals surface area contributed by atoms with Crippen LogP contribution >= 0.6 is 11.3 Å². The quantitative estimate of drug-likeness (QED) is 0.904. The van der Waals surface area contributed by atoms with Crippen LogP contribution in [0.3, 0.4) is 0 Å². The number of rotatable bonds is 3. The number of nitrogens with one attached hydrogen (secondary N) is 1. The van der Waals surface area contributed by atoms with Crippen LogP contribution in [-0.4, -0.2) is 30.6 Å². The van der Waals surface area contributed by atoms with Gasteiger partial charge in [0.1, 0.15) is 0 Å². The maximum Gasteiger partial charge on any atom is 0.0328 e. The largest absolute Gasteiger partial charge is 0.312 e. The summed E-state index contributed by atoms with van der Waals surface area (Å²) in [5.74, 6) is 0.720. The molecule has 2 heterocycles. The third-order valence-corrected chi connectivity index (χ3v) is 5.05. The second-order valence-electron chi connectivity index (χ2n) is 5.85. The summed E-state index contributed by atoms with van der Waals surface area (Å²) in [6, 6.07) is 3.01. The lowest BCUT2D eigenvalue weighted by Gasteiger charge is -2.26. The van der Waals surface area contributed by atoms with Gasteiger partial charge in [-0.25, -0.2) is 0 Å². The van der Waals surface area contributed by atoms with Crippen molar-refractivity contribution >= 4 is 11.3 Å². The Bertz CT molecular complexity index is 364. The Kier molecular flexibility index (Phi) is 4.82. The molecule has 1 fully saturated rings. The van der Waals surface area contributed by atoms with Crippen molar-refractivity contribution in [3.8, 4) is 0 Å².